The molecule has 1 unspecified atom stereocenters. The largest absolute Gasteiger partial charge is 0.0871 e. The molecular weight excluding hydrogens is 216 g/mol. The number of aryl methyl sites for hydroxylation is 1. The van der Waals surface area contributed by atoms with Crippen LogP contribution in [0.1, 0.15) is 51.2 Å². The topological polar surface area (TPSA) is 0 Å². The molecule has 0 aliphatic heterocycles. The molecule has 1 aromatic carbocycles. The van der Waals surface area contributed by atoms with Crippen LogP contribution in [-0.4, -0.2) is 0 Å². The summed E-state index contributed by atoms with van der Waals surface area (Å²) in [5.74, 6) is 0.650. The van der Waals surface area contributed by atoms with Gasteiger partial charge in [-0.25, -0.2) is 0 Å². The fourth-order valence-electron chi connectivity index (χ4n) is 2.09. The SMILES string of the molecule is C/C=C\C(=C/C(C)CCCC)c1ccc(C)cc1. The smallest absolute Gasteiger partial charge is 0.0187 e. The van der Waals surface area contributed by atoms with Gasteiger partial charge in [0.05, 0.1) is 0 Å². The van der Waals surface area contributed by atoms with Crippen molar-refractivity contribution >= 4 is 5.57 Å². The summed E-state index contributed by atoms with van der Waals surface area (Å²) >= 11 is 0. The first-order valence-electron chi connectivity index (χ1n) is 7.09. The minimum absolute atomic E-state index is 0.650. The van der Waals surface area contributed by atoms with Crippen molar-refractivity contribution in [1.82, 2.24) is 0 Å². The molecule has 1 atom stereocenters. The number of benzene rings is 1. The highest BCUT2D eigenvalue weighted by atomic mass is 14.1. The fourth-order valence-corrected chi connectivity index (χ4v) is 2.09. The van der Waals surface area contributed by atoms with Crippen molar-refractivity contribution < 1.29 is 0 Å². The lowest BCUT2D eigenvalue weighted by molar-refractivity contribution is 0.599. The predicted molar refractivity (Wildman–Crippen MR) is 82.7 cm³/mol. The molecule has 0 spiro atoms. The molecule has 0 fully saturated rings. The van der Waals surface area contributed by atoms with E-state index in [1.54, 1.807) is 0 Å². The Labute approximate surface area is 112 Å². The maximum absolute atomic E-state index is 2.40. The molecule has 18 heavy (non-hydrogen) atoms. The second-order valence-corrected chi connectivity index (χ2v) is 5.11. The van der Waals surface area contributed by atoms with Gasteiger partial charge in [-0.2, -0.15) is 0 Å². The Morgan fingerprint density at radius 1 is 1.22 bits per heavy atom. The summed E-state index contributed by atoms with van der Waals surface area (Å²) in [5.41, 5.74) is 3.99. The van der Waals surface area contributed by atoms with Crippen LogP contribution < -0.4 is 0 Å². The number of hydrogen-bond donors (Lipinski definition) is 0. The first-order valence-corrected chi connectivity index (χ1v) is 7.09. The molecule has 0 nitrogen and oxygen atoms in total. The molecular formula is C18H26. The van der Waals surface area contributed by atoms with E-state index in [9.17, 15) is 0 Å². The lowest BCUT2D eigenvalue weighted by atomic mass is 9.96. The molecule has 0 N–H and O–H groups in total. The van der Waals surface area contributed by atoms with E-state index in [2.05, 4.69) is 70.2 Å². The lowest BCUT2D eigenvalue weighted by Crippen LogP contribution is -1.92. The maximum atomic E-state index is 2.40. The van der Waals surface area contributed by atoms with Gasteiger partial charge in [-0.05, 0) is 37.3 Å². The molecule has 0 saturated carbocycles. The lowest BCUT2D eigenvalue weighted by Gasteiger charge is -2.09. The molecule has 0 radical (unpaired) electrons. The molecule has 0 heteroatoms. The van der Waals surface area contributed by atoms with E-state index in [0.29, 0.717) is 5.92 Å². The van der Waals surface area contributed by atoms with Gasteiger partial charge in [0, 0.05) is 0 Å². The summed E-state index contributed by atoms with van der Waals surface area (Å²) in [4.78, 5) is 0. The Morgan fingerprint density at radius 3 is 2.44 bits per heavy atom. The first kappa shape index (κ1) is 14.8. The van der Waals surface area contributed by atoms with Crippen LogP contribution in [0.15, 0.2) is 42.5 Å². The summed E-state index contributed by atoms with van der Waals surface area (Å²) in [6.45, 7) is 8.78. The van der Waals surface area contributed by atoms with Gasteiger partial charge in [-0.15, -0.1) is 0 Å². The minimum atomic E-state index is 0.650. The third-order valence-corrected chi connectivity index (χ3v) is 3.21. The number of rotatable bonds is 6. The van der Waals surface area contributed by atoms with Gasteiger partial charge in [-0.3, -0.25) is 0 Å². The normalized spacial score (nSPS) is 14.1. The van der Waals surface area contributed by atoms with E-state index in [-0.39, 0.29) is 0 Å². The van der Waals surface area contributed by atoms with Crippen molar-refractivity contribution in [3.8, 4) is 0 Å². The summed E-state index contributed by atoms with van der Waals surface area (Å²) in [7, 11) is 0. The third kappa shape index (κ3) is 4.91. The van der Waals surface area contributed by atoms with Gasteiger partial charge in [-0.1, -0.05) is 74.7 Å². The Kier molecular flexibility index (Phi) is 6.49. The van der Waals surface area contributed by atoms with Gasteiger partial charge in [0.1, 0.15) is 0 Å². The van der Waals surface area contributed by atoms with Crippen molar-refractivity contribution in [2.24, 2.45) is 5.92 Å². The summed E-state index contributed by atoms with van der Waals surface area (Å²) in [6, 6.07) is 8.80. The third-order valence-electron chi connectivity index (χ3n) is 3.21. The van der Waals surface area contributed by atoms with Crippen molar-refractivity contribution in [1.29, 1.82) is 0 Å². The predicted octanol–water partition coefficient (Wildman–Crippen LogP) is 5.78. The summed E-state index contributed by atoms with van der Waals surface area (Å²) in [5, 5.41) is 0. The van der Waals surface area contributed by atoms with E-state index >= 15 is 0 Å². The standard InChI is InChI=1S/C18H26/c1-5-7-9-16(4)14-18(8-6-2)17-12-10-15(3)11-13-17/h6,8,10-14,16H,5,7,9H2,1-4H3/b8-6-,18-14+. The van der Waals surface area contributed by atoms with Crippen molar-refractivity contribution in [2.45, 2.75) is 47.0 Å². The Bertz CT molecular complexity index is 393. The fraction of sp³-hybridized carbons (Fsp3) is 0.444. The Balaban J connectivity index is 2.88. The zero-order valence-electron chi connectivity index (χ0n) is 12.2. The highest BCUT2D eigenvalue weighted by Gasteiger charge is 2.02. The average Bonchev–Trinajstić information content (AvgIpc) is 2.37. The average molecular weight is 242 g/mol. The van der Waals surface area contributed by atoms with Gasteiger partial charge >= 0.3 is 0 Å². The van der Waals surface area contributed by atoms with E-state index in [4.69, 9.17) is 0 Å². The van der Waals surface area contributed by atoms with E-state index in [1.807, 2.05) is 0 Å². The number of hydrogen-bond acceptors (Lipinski definition) is 0. The van der Waals surface area contributed by atoms with E-state index < -0.39 is 0 Å². The zero-order chi connectivity index (χ0) is 13.4. The molecule has 0 aliphatic carbocycles. The minimum Gasteiger partial charge on any atom is -0.0871 e. The maximum Gasteiger partial charge on any atom is -0.0187 e. The van der Waals surface area contributed by atoms with Crippen LogP contribution in [0.25, 0.3) is 5.57 Å². The Hall–Kier alpha value is -1.30. The molecule has 0 bridgehead atoms. The monoisotopic (exact) mass is 242 g/mol. The van der Waals surface area contributed by atoms with Gasteiger partial charge in [0.15, 0.2) is 0 Å². The van der Waals surface area contributed by atoms with Crippen LogP contribution in [0.4, 0.5) is 0 Å². The quantitative estimate of drug-likeness (QED) is 0.555. The van der Waals surface area contributed by atoms with Crippen molar-refractivity contribution in [2.75, 3.05) is 0 Å². The molecule has 0 heterocycles. The molecule has 0 saturated heterocycles. The summed E-state index contributed by atoms with van der Waals surface area (Å²) in [6.07, 6.45) is 10.6. The number of allylic oxidation sites excluding steroid dienone is 4. The highest BCUT2D eigenvalue weighted by Crippen LogP contribution is 2.21. The van der Waals surface area contributed by atoms with Crippen molar-refractivity contribution in [3.63, 3.8) is 0 Å². The molecule has 98 valence electrons. The van der Waals surface area contributed by atoms with Crippen molar-refractivity contribution in [3.05, 3.63) is 53.6 Å². The van der Waals surface area contributed by atoms with E-state index in [1.165, 1.54) is 36.0 Å². The van der Waals surface area contributed by atoms with E-state index in [0.717, 1.165) is 0 Å². The molecule has 1 rings (SSSR count). The first-order chi connectivity index (χ1) is 8.67. The van der Waals surface area contributed by atoms with Gasteiger partial charge in [0.25, 0.3) is 0 Å². The van der Waals surface area contributed by atoms with Gasteiger partial charge < -0.3 is 0 Å². The van der Waals surface area contributed by atoms with Crippen LogP contribution in [0.2, 0.25) is 0 Å². The summed E-state index contributed by atoms with van der Waals surface area (Å²) < 4.78 is 0. The Morgan fingerprint density at radius 2 is 1.89 bits per heavy atom. The van der Waals surface area contributed by atoms with Crippen LogP contribution in [0.5, 0.6) is 0 Å². The molecule has 0 amide bonds. The van der Waals surface area contributed by atoms with Crippen LogP contribution >= 0.6 is 0 Å². The zero-order valence-corrected chi connectivity index (χ0v) is 12.2. The second kappa shape index (κ2) is 7.92. The molecule has 1 aromatic rings. The van der Waals surface area contributed by atoms with Gasteiger partial charge in [0.2, 0.25) is 0 Å². The highest BCUT2D eigenvalue weighted by molar-refractivity contribution is 5.74. The molecule has 0 aromatic heterocycles. The van der Waals surface area contributed by atoms with Crippen LogP contribution in [0.3, 0.4) is 0 Å². The van der Waals surface area contributed by atoms with Crippen LogP contribution in [-0.2, 0) is 0 Å². The molecule has 0 aliphatic rings. The number of unbranched alkanes of at least 4 members (excludes halogenated alkanes) is 1. The van der Waals surface area contributed by atoms with Crippen LogP contribution in [0, 0.1) is 12.8 Å². The second-order valence-electron chi connectivity index (χ2n) is 5.11.